The van der Waals surface area contributed by atoms with Crippen molar-refractivity contribution in [3.8, 4) is 5.75 Å². The van der Waals surface area contributed by atoms with Gasteiger partial charge in [0.15, 0.2) is 21.3 Å². The molecule has 4 amide bonds. The number of phenolic OH excluding ortho intramolecular Hbond substituents is 1. The Bertz CT molecular complexity index is 1330. The van der Waals surface area contributed by atoms with Gasteiger partial charge in [0.1, 0.15) is 0 Å². The number of aliphatic carboxylic acids is 1. The molecule has 0 radical (unpaired) electrons. The van der Waals surface area contributed by atoms with E-state index in [0.29, 0.717) is 24.8 Å². The highest BCUT2D eigenvalue weighted by Gasteiger charge is 2.76. The number of nitrogens with zero attached hydrogens (tertiary/aromatic N) is 2. The predicted molar refractivity (Wildman–Crippen MR) is 136 cm³/mol. The number of carbonyl (C=O) groups excluding carboxylic acids is 4. The Morgan fingerprint density at radius 3 is 2.49 bits per heavy atom. The first-order valence-corrected chi connectivity index (χ1v) is 13.6. The first-order chi connectivity index (χ1) is 18.4. The minimum atomic E-state index is -2.10. The van der Waals surface area contributed by atoms with E-state index in [1.54, 1.807) is 6.08 Å². The third-order valence-electron chi connectivity index (χ3n) is 8.71. The molecule has 39 heavy (non-hydrogen) atoms. The largest absolute Gasteiger partial charge is 0.505 e. The number of hydrogen-bond acceptors (Lipinski definition) is 6. The molecule has 4 aliphatic rings. The van der Waals surface area contributed by atoms with Gasteiger partial charge in [0.2, 0.25) is 11.8 Å². The molecule has 2 N–H and O–H groups in total. The number of hydrogen-bond donors (Lipinski definition) is 2. The number of imide groups is 2. The number of likely N-dealkylation sites (tertiary alicyclic amines) is 2. The fraction of sp³-hybridized carbons (Fsp3) is 0.519. The summed E-state index contributed by atoms with van der Waals surface area (Å²) >= 11 is 14.0. The average Bonchev–Trinajstić information content (AvgIpc) is 3.20. The Kier molecular flexibility index (Phi) is 6.78. The number of phenols is 1. The molecule has 2 heterocycles. The highest BCUT2D eigenvalue weighted by atomic mass is 35.5. The van der Waals surface area contributed by atoms with Gasteiger partial charge in [-0.1, -0.05) is 30.2 Å². The van der Waals surface area contributed by atoms with E-state index in [1.807, 2.05) is 0 Å². The van der Waals surface area contributed by atoms with Crippen molar-refractivity contribution in [2.24, 2.45) is 17.8 Å². The van der Waals surface area contributed by atoms with Crippen molar-refractivity contribution in [3.63, 3.8) is 0 Å². The lowest BCUT2D eigenvalue weighted by atomic mass is 9.56. The van der Waals surface area contributed by atoms with Crippen LogP contribution in [0.5, 0.6) is 5.75 Å². The number of fused-ring (bicyclic) bond motifs is 4. The highest BCUT2D eigenvalue weighted by molar-refractivity contribution is 6.53. The van der Waals surface area contributed by atoms with Gasteiger partial charge in [-0.15, -0.1) is 23.2 Å². The Morgan fingerprint density at radius 1 is 1.08 bits per heavy atom. The van der Waals surface area contributed by atoms with Crippen molar-refractivity contribution in [2.75, 3.05) is 13.6 Å². The summed E-state index contributed by atoms with van der Waals surface area (Å²) in [5.41, 5.74) is 0.428. The molecule has 5 rings (SSSR count). The summed E-state index contributed by atoms with van der Waals surface area (Å²) in [5.74, 6) is -8.55. The first kappa shape index (κ1) is 27.6. The number of unbranched alkanes of at least 4 members (excludes halogenated alkanes) is 2. The maximum Gasteiger partial charge on any atom is 0.303 e. The number of carbonyl (C=O) groups is 5. The molecule has 2 aliphatic carbocycles. The van der Waals surface area contributed by atoms with E-state index in [0.717, 1.165) is 11.0 Å². The monoisotopic (exact) mass is 580 g/mol. The number of carboxylic acid groups (broad SMARTS) is 1. The summed E-state index contributed by atoms with van der Waals surface area (Å²) in [6, 6.07) is 3.79. The molecule has 1 aromatic rings. The second-order valence-corrected chi connectivity index (χ2v) is 11.9. The lowest BCUT2D eigenvalue weighted by Crippen LogP contribution is -2.60. The van der Waals surface area contributed by atoms with Crippen LogP contribution >= 0.6 is 23.2 Å². The average molecular weight is 581 g/mol. The van der Waals surface area contributed by atoms with Crippen molar-refractivity contribution in [1.82, 2.24) is 9.80 Å². The van der Waals surface area contributed by atoms with Gasteiger partial charge in [-0.05, 0) is 37.7 Å². The molecule has 0 bridgehead atoms. The zero-order valence-corrected chi connectivity index (χ0v) is 22.5. The summed E-state index contributed by atoms with van der Waals surface area (Å²) < 4.78 is 14.5. The van der Waals surface area contributed by atoms with E-state index in [2.05, 4.69) is 0 Å². The van der Waals surface area contributed by atoms with E-state index in [-0.39, 0.29) is 37.3 Å². The predicted octanol–water partition coefficient (Wildman–Crippen LogP) is 3.16. The fourth-order valence-electron chi connectivity index (χ4n) is 6.86. The van der Waals surface area contributed by atoms with Gasteiger partial charge in [-0.3, -0.25) is 33.8 Å². The number of benzene rings is 1. The third-order valence-corrected chi connectivity index (χ3v) is 10.1. The van der Waals surface area contributed by atoms with Gasteiger partial charge in [-0.2, -0.15) is 0 Å². The van der Waals surface area contributed by atoms with Gasteiger partial charge in [-0.25, -0.2) is 4.39 Å². The number of rotatable bonds is 7. The van der Waals surface area contributed by atoms with Gasteiger partial charge in [0.05, 0.1) is 11.8 Å². The summed E-state index contributed by atoms with van der Waals surface area (Å²) in [6.45, 7) is 0.131. The molecule has 2 aliphatic heterocycles. The smallest absolute Gasteiger partial charge is 0.303 e. The van der Waals surface area contributed by atoms with Crippen LogP contribution in [0.25, 0.3) is 0 Å². The van der Waals surface area contributed by atoms with E-state index in [4.69, 9.17) is 28.3 Å². The Balaban J connectivity index is 1.54. The molecule has 12 heteroatoms. The Hall–Kier alpha value is -2.98. The zero-order valence-electron chi connectivity index (χ0n) is 21.0. The maximum atomic E-state index is 14.5. The standard InChI is InChI=1S/C27H27Cl2FN2O7/c1-31-24(38)26(28)12-16-13(20(27(26,29)25(31)39)15-6-5-7-17(30)21(15)35)9-10-14-19(16)23(37)32(22(14)36)11-4-2-3-8-18(33)34/h5-7,9,14,16,19-20,35H,2-4,8,10-12H2,1H3,(H,33,34). The van der Waals surface area contributed by atoms with Crippen LogP contribution in [0.2, 0.25) is 0 Å². The molecule has 1 aromatic carbocycles. The molecular formula is C27H27Cl2FN2O7. The van der Waals surface area contributed by atoms with Gasteiger partial charge < -0.3 is 10.2 Å². The molecule has 3 fully saturated rings. The van der Waals surface area contributed by atoms with Crippen LogP contribution in [-0.4, -0.2) is 73.0 Å². The van der Waals surface area contributed by atoms with E-state index in [9.17, 15) is 33.5 Å². The van der Waals surface area contributed by atoms with Crippen LogP contribution in [0.1, 0.15) is 50.0 Å². The Labute approximate surface area is 233 Å². The fourth-order valence-corrected chi connectivity index (χ4v) is 7.87. The SMILES string of the molecule is CN1C(=O)C2(Cl)CC3C(=CCC4C(=O)N(CCCCCC(=O)O)C(=O)C43)C(c3cccc(F)c3O)C2(Cl)C1=O. The molecule has 0 spiro atoms. The van der Waals surface area contributed by atoms with Crippen molar-refractivity contribution in [3.05, 3.63) is 41.2 Å². The van der Waals surface area contributed by atoms with Crippen LogP contribution in [-0.2, 0) is 24.0 Å². The molecule has 208 valence electrons. The van der Waals surface area contributed by atoms with Crippen LogP contribution < -0.4 is 0 Å². The van der Waals surface area contributed by atoms with E-state index < -0.39 is 68.7 Å². The first-order valence-electron chi connectivity index (χ1n) is 12.8. The number of para-hydroxylation sites is 1. The lowest BCUT2D eigenvalue weighted by Gasteiger charge is -2.50. The van der Waals surface area contributed by atoms with Gasteiger partial charge >= 0.3 is 5.97 Å². The summed E-state index contributed by atoms with van der Waals surface area (Å²) in [7, 11) is 1.25. The lowest BCUT2D eigenvalue weighted by molar-refractivity contribution is -0.141. The second-order valence-electron chi connectivity index (χ2n) is 10.7. The van der Waals surface area contributed by atoms with Crippen molar-refractivity contribution < 1.29 is 38.6 Å². The van der Waals surface area contributed by atoms with Crippen molar-refractivity contribution in [2.45, 2.75) is 54.2 Å². The summed E-state index contributed by atoms with van der Waals surface area (Å²) in [4.78, 5) is 62.4. The van der Waals surface area contributed by atoms with E-state index >= 15 is 0 Å². The number of carboxylic acids is 1. The number of alkyl halides is 2. The van der Waals surface area contributed by atoms with Crippen LogP contribution in [0.15, 0.2) is 29.8 Å². The molecule has 2 saturated heterocycles. The molecule has 1 saturated carbocycles. The van der Waals surface area contributed by atoms with Gasteiger partial charge in [0, 0.05) is 31.5 Å². The second kappa shape index (κ2) is 9.59. The van der Waals surface area contributed by atoms with Crippen LogP contribution in [0.4, 0.5) is 4.39 Å². The maximum absolute atomic E-state index is 14.5. The number of halogens is 3. The topological polar surface area (TPSA) is 132 Å². The summed E-state index contributed by atoms with van der Waals surface area (Å²) in [6.07, 6.45) is 3.05. The zero-order chi connectivity index (χ0) is 28.4. The van der Waals surface area contributed by atoms with E-state index in [1.165, 1.54) is 24.1 Å². The highest BCUT2D eigenvalue weighted by Crippen LogP contribution is 2.66. The Morgan fingerprint density at radius 2 is 1.79 bits per heavy atom. The quantitative estimate of drug-likeness (QED) is 0.219. The number of allylic oxidation sites excluding steroid dienone is 2. The third kappa shape index (κ3) is 3.82. The minimum absolute atomic E-state index is 0.00398. The number of amides is 4. The van der Waals surface area contributed by atoms with Crippen LogP contribution in [0, 0.1) is 23.6 Å². The van der Waals surface area contributed by atoms with Crippen molar-refractivity contribution >= 4 is 52.8 Å². The minimum Gasteiger partial charge on any atom is -0.505 e. The molecule has 6 unspecified atom stereocenters. The molecule has 6 atom stereocenters. The van der Waals surface area contributed by atoms with Gasteiger partial charge in [0.25, 0.3) is 11.8 Å². The molecule has 0 aromatic heterocycles. The number of aromatic hydroxyl groups is 1. The molecular weight excluding hydrogens is 554 g/mol. The van der Waals surface area contributed by atoms with Crippen molar-refractivity contribution in [1.29, 1.82) is 0 Å². The summed E-state index contributed by atoms with van der Waals surface area (Å²) in [5, 5.41) is 19.5. The normalized spacial score (nSPS) is 33.7. The molecule has 9 nitrogen and oxygen atoms in total. The van der Waals surface area contributed by atoms with Crippen LogP contribution in [0.3, 0.4) is 0 Å².